The summed E-state index contributed by atoms with van der Waals surface area (Å²) in [6.07, 6.45) is 0. The molecule has 0 saturated heterocycles. The van der Waals surface area contributed by atoms with E-state index in [0.29, 0.717) is 0 Å². The quantitative estimate of drug-likeness (QED) is 0.330. The number of ether oxygens (including phenoxy) is 2. The number of hydrogen-bond donors (Lipinski definition) is 1. The van der Waals surface area contributed by atoms with Gasteiger partial charge in [-0.1, -0.05) is 23.4 Å². The Labute approximate surface area is 183 Å². The Morgan fingerprint density at radius 2 is 1.87 bits per heavy atom. The van der Waals surface area contributed by atoms with E-state index < -0.39 is 46.3 Å². The van der Waals surface area contributed by atoms with Gasteiger partial charge in [-0.2, -0.15) is 0 Å². The Hall–Kier alpha value is -2.99. The van der Waals surface area contributed by atoms with E-state index in [9.17, 15) is 18.0 Å². The molecule has 0 aliphatic heterocycles. The number of aromatic nitrogens is 1. The Balaban J connectivity index is 2.03. The molecule has 2 N–H and O–H groups in total. The molecule has 10 nitrogen and oxygen atoms in total. The van der Waals surface area contributed by atoms with E-state index in [2.05, 4.69) is 10.1 Å². The van der Waals surface area contributed by atoms with E-state index >= 15 is 0 Å². The van der Waals surface area contributed by atoms with Crippen molar-refractivity contribution >= 4 is 44.0 Å². The predicted molar refractivity (Wildman–Crippen MR) is 114 cm³/mol. The fraction of sp³-hybridized carbons (Fsp3) is 0.368. The molecule has 2 aromatic rings. The molecule has 0 bridgehead atoms. The third-order valence-corrected chi connectivity index (χ3v) is 5.77. The monoisotopic (exact) mass is 469 g/mol. The van der Waals surface area contributed by atoms with E-state index in [1.54, 1.807) is 39.0 Å². The summed E-state index contributed by atoms with van der Waals surface area (Å²) in [5.41, 5.74) is 4.60. The molecule has 0 unspecified atom stereocenters. The van der Waals surface area contributed by atoms with Gasteiger partial charge in [-0.05, 0) is 32.9 Å². The zero-order chi connectivity index (χ0) is 23.1. The van der Waals surface area contributed by atoms with Crippen LogP contribution < -0.4 is 5.73 Å². The van der Waals surface area contributed by atoms with Crippen LogP contribution in [0.3, 0.4) is 0 Å². The number of nitrogens with zero attached hydrogens (tertiary/aromatic N) is 2. The number of hydrogen-bond acceptors (Lipinski definition) is 11. The van der Waals surface area contributed by atoms with Crippen LogP contribution in [0.25, 0.3) is 0 Å². The summed E-state index contributed by atoms with van der Waals surface area (Å²) in [7, 11) is -3.63. The largest absolute Gasteiger partial charge is 0.460 e. The summed E-state index contributed by atoms with van der Waals surface area (Å²) in [6, 6.07) is 7.79. The molecule has 1 aromatic carbocycles. The zero-order valence-corrected chi connectivity index (χ0v) is 18.9. The van der Waals surface area contributed by atoms with Gasteiger partial charge in [-0.25, -0.2) is 23.0 Å². The van der Waals surface area contributed by atoms with Crippen LogP contribution in [-0.2, 0) is 33.7 Å². The molecule has 12 heteroatoms. The number of anilines is 1. The Bertz CT molecular complexity index is 1040. The smallest absolute Gasteiger partial charge is 0.362 e. The number of carbonyl (C=O) groups is 2. The molecule has 0 saturated carbocycles. The van der Waals surface area contributed by atoms with Crippen molar-refractivity contribution in [3.63, 3.8) is 0 Å². The van der Waals surface area contributed by atoms with Crippen molar-refractivity contribution in [3.8, 4) is 0 Å². The van der Waals surface area contributed by atoms with Crippen LogP contribution in [0.5, 0.6) is 0 Å². The van der Waals surface area contributed by atoms with Gasteiger partial charge < -0.3 is 20.0 Å². The van der Waals surface area contributed by atoms with Crippen LogP contribution in [0.1, 0.15) is 26.5 Å². The highest BCUT2D eigenvalue weighted by molar-refractivity contribution is 7.91. The van der Waals surface area contributed by atoms with Gasteiger partial charge in [0, 0.05) is 5.38 Å². The molecule has 0 atom stereocenters. The number of oxime groups is 1. The molecule has 1 heterocycles. The standard InChI is InChI=1S/C19H23N3O7S2/c1-19(2,3)29-15(23)11-28-22-16(14-12-30-18(20)21-14)17(24)27-9-10-31(25,26)13-7-5-4-6-8-13/h4-8,12H,9-11H2,1-3H3,(H2,20,21)/b22-16-. The summed E-state index contributed by atoms with van der Waals surface area (Å²) in [6.45, 7) is 4.12. The van der Waals surface area contributed by atoms with Gasteiger partial charge in [0.25, 0.3) is 0 Å². The molecule has 0 aliphatic rings. The normalized spacial score (nSPS) is 12.3. The van der Waals surface area contributed by atoms with E-state index in [4.69, 9.17) is 20.0 Å². The highest BCUT2D eigenvalue weighted by Gasteiger charge is 2.23. The van der Waals surface area contributed by atoms with Crippen molar-refractivity contribution in [1.82, 2.24) is 4.98 Å². The van der Waals surface area contributed by atoms with E-state index in [0.717, 1.165) is 11.3 Å². The van der Waals surface area contributed by atoms with Gasteiger partial charge in [-0.3, -0.25) is 0 Å². The SMILES string of the molecule is CC(C)(C)OC(=O)CO/N=C(\C(=O)OCCS(=O)(=O)c1ccccc1)c1csc(N)n1. The number of sulfone groups is 1. The van der Waals surface area contributed by atoms with E-state index in [1.807, 2.05) is 0 Å². The molecule has 168 valence electrons. The van der Waals surface area contributed by atoms with Crippen LogP contribution in [0, 0.1) is 0 Å². The third-order valence-electron chi connectivity index (χ3n) is 3.40. The third kappa shape index (κ3) is 7.98. The minimum absolute atomic E-state index is 0.0719. The number of benzene rings is 1. The van der Waals surface area contributed by atoms with Crippen LogP contribution in [0.4, 0.5) is 5.13 Å². The van der Waals surface area contributed by atoms with Crippen molar-refractivity contribution in [2.24, 2.45) is 5.16 Å². The molecule has 0 spiro atoms. The van der Waals surface area contributed by atoms with Crippen molar-refractivity contribution in [2.45, 2.75) is 31.3 Å². The lowest BCUT2D eigenvalue weighted by Gasteiger charge is -2.18. The maximum atomic E-state index is 12.5. The fourth-order valence-corrected chi connectivity index (χ4v) is 3.82. The minimum atomic E-state index is -3.63. The van der Waals surface area contributed by atoms with Gasteiger partial charge in [0.1, 0.15) is 17.9 Å². The summed E-state index contributed by atoms with van der Waals surface area (Å²) < 4.78 is 34.7. The zero-order valence-electron chi connectivity index (χ0n) is 17.2. The molecule has 0 amide bonds. The van der Waals surface area contributed by atoms with Gasteiger partial charge in [0.2, 0.25) is 12.3 Å². The van der Waals surface area contributed by atoms with Gasteiger partial charge >= 0.3 is 11.9 Å². The molecule has 2 rings (SSSR count). The van der Waals surface area contributed by atoms with Crippen LogP contribution >= 0.6 is 11.3 Å². The highest BCUT2D eigenvalue weighted by atomic mass is 32.2. The first-order chi connectivity index (χ1) is 14.5. The molecule has 1 aromatic heterocycles. The Morgan fingerprint density at radius 3 is 2.45 bits per heavy atom. The summed E-state index contributed by atoms with van der Waals surface area (Å²) in [5, 5.41) is 5.26. The van der Waals surface area contributed by atoms with E-state index in [-0.39, 0.29) is 21.4 Å². The lowest BCUT2D eigenvalue weighted by Crippen LogP contribution is -2.27. The average Bonchev–Trinajstić information content (AvgIpc) is 3.10. The second-order valence-corrected chi connectivity index (χ2v) is 10.1. The molecule has 0 aliphatic carbocycles. The van der Waals surface area contributed by atoms with Gasteiger partial charge in [0.15, 0.2) is 15.0 Å². The second kappa shape index (κ2) is 10.4. The first kappa shape index (κ1) is 24.3. The molecular weight excluding hydrogens is 446 g/mol. The summed E-state index contributed by atoms with van der Waals surface area (Å²) >= 11 is 1.06. The molecule has 0 radical (unpaired) electrons. The number of rotatable bonds is 9. The van der Waals surface area contributed by atoms with Gasteiger partial charge in [-0.15, -0.1) is 11.3 Å². The van der Waals surface area contributed by atoms with Gasteiger partial charge in [0.05, 0.1) is 10.6 Å². The second-order valence-electron chi connectivity index (χ2n) is 7.14. The van der Waals surface area contributed by atoms with Crippen molar-refractivity contribution in [3.05, 3.63) is 41.4 Å². The fourth-order valence-electron chi connectivity index (χ4n) is 2.16. The molecule has 31 heavy (non-hydrogen) atoms. The lowest BCUT2D eigenvalue weighted by molar-refractivity contribution is -0.160. The minimum Gasteiger partial charge on any atom is -0.460 e. The summed E-state index contributed by atoms with van der Waals surface area (Å²) in [5.74, 6) is -2.08. The number of esters is 2. The van der Waals surface area contributed by atoms with E-state index in [1.165, 1.54) is 17.5 Å². The number of nitrogen functional groups attached to an aromatic ring is 1. The highest BCUT2D eigenvalue weighted by Crippen LogP contribution is 2.14. The molecule has 0 fully saturated rings. The average molecular weight is 470 g/mol. The first-order valence-corrected chi connectivity index (χ1v) is 11.6. The maximum absolute atomic E-state index is 12.5. The number of thiazole rings is 1. The first-order valence-electron chi connectivity index (χ1n) is 9.06. The summed E-state index contributed by atoms with van der Waals surface area (Å²) in [4.78, 5) is 33.2. The maximum Gasteiger partial charge on any atom is 0.362 e. The van der Waals surface area contributed by atoms with Crippen molar-refractivity contribution < 1.29 is 32.3 Å². The Morgan fingerprint density at radius 1 is 1.19 bits per heavy atom. The van der Waals surface area contributed by atoms with Crippen molar-refractivity contribution in [2.75, 3.05) is 24.7 Å². The number of carbonyl (C=O) groups excluding carboxylic acids is 2. The van der Waals surface area contributed by atoms with Crippen LogP contribution in [-0.4, -0.2) is 55.6 Å². The topological polar surface area (TPSA) is 147 Å². The lowest BCUT2D eigenvalue weighted by atomic mass is 10.2. The predicted octanol–water partition coefficient (Wildman–Crippen LogP) is 1.80. The van der Waals surface area contributed by atoms with Crippen LogP contribution in [0.15, 0.2) is 45.8 Å². The van der Waals surface area contributed by atoms with Crippen LogP contribution in [0.2, 0.25) is 0 Å². The number of nitrogens with two attached hydrogens (primary N) is 1. The van der Waals surface area contributed by atoms with Crippen molar-refractivity contribution in [1.29, 1.82) is 0 Å². The Kier molecular flexibility index (Phi) is 8.11. The molecular formula is C19H23N3O7S2.